The first kappa shape index (κ1) is 21.6. The highest BCUT2D eigenvalue weighted by molar-refractivity contribution is 7.99. The Kier molecular flexibility index (Phi) is 6.65. The fourth-order valence-electron chi connectivity index (χ4n) is 3.68. The van der Waals surface area contributed by atoms with Crippen molar-refractivity contribution in [2.75, 3.05) is 11.9 Å². The van der Waals surface area contributed by atoms with Gasteiger partial charge in [-0.15, -0.1) is 11.3 Å². The number of thiophene rings is 1. The second-order valence-electron chi connectivity index (χ2n) is 7.83. The van der Waals surface area contributed by atoms with E-state index in [1.807, 2.05) is 35.7 Å². The second kappa shape index (κ2) is 10.1. The van der Waals surface area contributed by atoms with Crippen LogP contribution in [-0.4, -0.2) is 12.4 Å². The molecule has 0 amide bonds. The first-order valence-corrected chi connectivity index (χ1v) is 12.7. The molecule has 0 radical (unpaired) electrons. The summed E-state index contributed by atoms with van der Waals surface area (Å²) in [6.07, 6.45) is 3.11. The van der Waals surface area contributed by atoms with Crippen LogP contribution in [0.15, 0.2) is 99.0 Å². The van der Waals surface area contributed by atoms with E-state index in [0.29, 0.717) is 12.4 Å². The zero-order valence-corrected chi connectivity index (χ0v) is 19.8. The first-order chi connectivity index (χ1) is 16.2. The summed E-state index contributed by atoms with van der Waals surface area (Å²) in [4.78, 5) is 7.95. The standard InChI is InChI=1S/C27H25N3OS2/c28-27(25-9-5-17-32-25)29-20-12-10-19(11-13-20)6-3-4-16-31-21-14-15-23-26(18-21)33-24-8-2-1-7-22(24)30-23/h1-2,5,7-15,17-18,30H,3-4,6,16H2,(H2,28,29). The summed E-state index contributed by atoms with van der Waals surface area (Å²) in [7, 11) is 0. The van der Waals surface area contributed by atoms with Gasteiger partial charge in [0.2, 0.25) is 0 Å². The van der Waals surface area contributed by atoms with Crippen molar-refractivity contribution in [2.45, 2.75) is 29.1 Å². The number of benzene rings is 3. The third-order valence-corrected chi connectivity index (χ3v) is 7.44. The molecule has 0 saturated carbocycles. The molecule has 0 bridgehead atoms. The SMILES string of the molecule is NC(=Nc1ccc(CCCCOc2ccc3c(c2)Sc2ccccc2N3)cc1)c1cccs1. The van der Waals surface area contributed by atoms with Gasteiger partial charge in [0.15, 0.2) is 0 Å². The number of hydrogen-bond donors (Lipinski definition) is 2. The topological polar surface area (TPSA) is 59.6 Å². The van der Waals surface area contributed by atoms with Crippen LogP contribution in [0.3, 0.4) is 0 Å². The minimum atomic E-state index is 0.565. The van der Waals surface area contributed by atoms with Gasteiger partial charge in [0.25, 0.3) is 0 Å². The van der Waals surface area contributed by atoms with Gasteiger partial charge in [0, 0.05) is 9.79 Å². The Morgan fingerprint density at radius 3 is 2.58 bits per heavy atom. The highest BCUT2D eigenvalue weighted by Crippen LogP contribution is 2.45. The van der Waals surface area contributed by atoms with Crippen LogP contribution in [0.25, 0.3) is 0 Å². The summed E-state index contributed by atoms with van der Waals surface area (Å²) in [5.41, 5.74) is 10.6. The lowest BCUT2D eigenvalue weighted by Gasteiger charge is -2.21. The summed E-state index contributed by atoms with van der Waals surface area (Å²) in [5, 5.41) is 5.50. The molecule has 1 aliphatic rings. The lowest BCUT2D eigenvalue weighted by Crippen LogP contribution is -2.10. The summed E-state index contributed by atoms with van der Waals surface area (Å²) in [5.74, 6) is 1.49. The number of hydrogen-bond acceptors (Lipinski definition) is 5. The number of rotatable bonds is 8. The zero-order valence-electron chi connectivity index (χ0n) is 18.2. The fraction of sp³-hybridized carbons (Fsp3) is 0.148. The van der Waals surface area contributed by atoms with E-state index in [0.717, 1.165) is 47.0 Å². The molecule has 1 aliphatic heterocycles. The van der Waals surface area contributed by atoms with Gasteiger partial charge in [-0.1, -0.05) is 42.1 Å². The lowest BCUT2D eigenvalue weighted by molar-refractivity contribution is 0.306. The summed E-state index contributed by atoms with van der Waals surface area (Å²) in [6.45, 7) is 0.715. The molecule has 3 aromatic carbocycles. The van der Waals surface area contributed by atoms with Gasteiger partial charge in [-0.25, -0.2) is 4.99 Å². The number of para-hydroxylation sites is 1. The molecule has 0 aliphatic carbocycles. The van der Waals surface area contributed by atoms with Crippen LogP contribution >= 0.6 is 23.1 Å². The van der Waals surface area contributed by atoms with Gasteiger partial charge in [-0.3, -0.25) is 0 Å². The molecule has 3 N–H and O–H groups in total. The number of nitrogens with zero attached hydrogens (tertiary/aromatic N) is 1. The highest BCUT2D eigenvalue weighted by Gasteiger charge is 2.15. The van der Waals surface area contributed by atoms with E-state index in [9.17, 15) is 0 Å². The first-order valence-electron chi connectivity index (χ1n) is 11.0. The van der Waals surface area contributed by atoms with Gasteiger partial charge >= 0.3 is 0 Å². The Labute approximate surface area is 202 Å². The number of aryl methyl sites for hydroxylation is 1. The molecule has 0 unspecified atom stereocenters. The average Bonchev–Trinajstić information content (AvgIpc) is 3.39. The van der Waals surface area contributed by atoms with Crippen molar-refractivity contribution in [3.8, 4) is 5.75 Å². The molecule has 2 heterocycles. The van der Waals surface area contributed by atoms with Crippen LogP contribution in [0.1, 0.15) is 23.3 Å². The molecule has 33 heavy (non-hydrogen) atoms. The number of aliphatic imine (C=N–C) groups is 1. The number of nitrogens with two attached hydrogens (primary N) is 1. The minimum absolute atomic E-state index is 0.565. The molecule has 0 atom stereocenters. The monoisotopic (exact) mass is 471 g/mol. The van der Waals surface area contributed by atoms with Crippen LogP contribution in [-0.2, 0) is 6.42 Å². The Morgan fingerprint density at radius 1 is 0.879 bits per heavy atom. The molecule has 0 fully saturated rings. The molecule has 166 valence electrons. The minimum Gasteiger partial charge on any atom is -0.494 e. The smallest absolute Gasteiger partial charge is 0.141 e. The number of ether oxygens (including phenoxy) is 1. The fourth-order valence-corrected chi connectivity index (χ4v) is 5.32. The van der Waals surface area contributed by atoms with Crippen LogP contribution in [0.4, 0.5) is 17.1 Å². The highest BCUT2D eigenvalue weighted by atomic mass is 32.2. The van der Waals surface area contributed by atoms with E-state index >= 15 is 0 Å². The molecule has 0 saturated heterocycles. The van der Waals surface area contributed by atoms with E-state index in [1.54, 1.807) is 23.1 Å². The summed E-state index contributed by atoms with van der Waals surface area (Å²) in [6, 6.07) is 26.9. The van der Waals surface area contributed by atoms with Crippen LogP contribution < -0.4 is 15.8 Å². The van der Waals surface area contributed by atoms with E-state index in [1.165, 1.54) is 15.4 Å². The zero-order chi connectivity index (χ0) is 22.5. The summed E-state index contributed by atoms with van der Waals surface area (Å²) < 4.78 is 6.02. The molecular formula is C27H25N3OS2. The van der Waals surface area contributed by atoms with Crippen molar-refractivity contribution in [2.24, 2.45) is 10.7 Å². The van der Waals surface area contributed by atoms with E-state index in [4.69, 9.17) is 10.5 Å². The molecule has 6 heteroatoms. The average molecular weight is 472 g/mol. The normalized spacial score (nSPS) is 12.5. The molecular weight excluding hydrogens is 446 g/mol. The Balaban J connectivity index is 1.08. The van der Waals surface area contributed by atoms with Crippen molar-refractivity contribution in [3.63, 3.8) is 0 Å². The Bertz CT molecular complexity index is 1250. The largest absolute Gasteiger partial charge is 0.494 e. The molecule has 4 nitrogen and oxygen atoms in total. The number of anilines is 2. The Hall–Kier alpha value is -3.22. The molecule has 1 aromatic heterocycles. The summed E-state index contributed by atoms with van der Waals surface area (Å²) >= 11 is 3.38. The van der Waals surface area contributed by atoms with Crippen LogP contribution in [0.2, 0.25) is 0 Å². The molecule has 4 aromatic rings. The number of nitrogens with one attached hydrogen (secondary N) is 1. The van der Waals surface area contributed by atoms with Crippen molar-refractivity contribution in [1.29, 1.82) is 0 Å². The second-order valence-corrected chi connectivity index (χ2v) is 9.86. The third-order valence-electron chi connectivity index (χ3n) is 5.42. The van der Waals surface area contributed by atoms with E-state index < -0.39 is 0 Å². The van der Waals surface area contributed by atoms with Gasteiger partial charge in [-0.2, -0.15) is 0 Å². The van der Waals surface area contributed by atoms with Gasteiger partial charge in [-0.05, 0) is 78.7 Å². The molecule has 0 spiro atoms. The number of fused-ring (bicyclic) bond motifs is 2. The maximum atomic E-state index is 6.07. The lowest BCUT2D eigenvalue weighted by atomic mass is 10.1. The van der Waals surface area contributed by atoms with Crippen LogP contribution in [0, 0.1) is 0 Å². The van der Waals surface area contributed by atoms with Crippen molar-refractivity contribution in [1.82, 2.24) is 0 Å². The van der Waals surface area contributed by atoms with Gasteiger partial charge in [0.1, 0.15) is 11.6 Å². The Morgan fingerprint density at radius 2 is 1.73 bits per heavy atom. The van der Waals surface area contributed by atoms with Gasteiger partial charge < -0.3 is 15.8 Å². The van der Waals surface area contributed by atoms with Crippen molar-refractivity contribution < 1.29 is 4.74 Å². The number of unbranched alkanes of at least 4 members (excludes halogenated alkanes) is 1. The van der Waals surface area contributed by atoms with Crippen molar-refractivity contribution in [3.05, 3.63) is 94.7 Å². The maximum Gasteiger partial charge on any atom is 0.141 e. The van der Waals surface area contributed by atoms with E-state index in [-0.39, 0.29) is 0 Å². The quantitative estimate of drug-likeness (QED) is 0.141. The predicted octanol–water partition coefficient (Wildman–Crippen LogP) is 7.40. The van der Waals surface area contributed by atoms with Crippen molar-refractivity contribution >= 4 is 46.0 Å². The van der Waals surface area contributed by atoms with Crippen LogP contribution in [0.5, 0.6) is 5.75 Å². The molecule has 5 rings (SSSR count). The predicted molar refractivity (Wildman–Crippen MR) is 140 cm³/mol. The van der Waals surface area contributed by atoms with E-state index in [2.05, 4.69) is 58.8 Å². The third kappa shape index (κ3) is 5.41. The maximum absolute atomic E-state index is 6.07. The number of amidine groups is 1. The van der Waals surface area contributed by atoms with Gasteiger partial charge in [0.05, 0.1) is 28.5 Å².